The molecule has 0 unspecified atom stereocenters. The standard InChI is InChI=1S/C14H18ClN3O4/c1-9-6-17(7-10(2)22-9)8-14(19)16-13-4-3-11(18(20)21)5-12(13)15/h3-5,9-10H,6-8H2,1-2H3,(H,16,19)/t9-,10+. The molecule has 0 spiro atoms. The maximum atomic E-state index is 12.1. The van der Waals surface area contributed by atoms with Crippen molar-refractivity contribution in [2.45, 2.75) is 26.1 Å². The van der Waals surface area contributed by atoms with E-state index < -0.39 is 4.92 Å². The van der Waals surface area contributed by atoms with E-state index in [4.69, 9.17) is 16.3 Å². The van der Waals surface area contributed by atoms with E-state index in [1.54, 1.807) is 0 Å². The van der Waals surface area contributed by atoms with Crippen molar-refractivity contribution in [3.8, 4) is 0 Å². The number of rotatable bonds is 4. The van der Waals surface area contributed by atoms with Gasteiger partial charge in [-0.2, -0.15) is 0 Å². The molecule has 1 N–H and O–H groups in total. The molecule has 1 aromatic rings. The molecule has 1 saturated heterocycles. The lowest BCUT2D eigenvalue weighted by atomic mass is 10.2. The Morgan fingerprint density at radius 3 is 2.64 bits per heavy atom. The molecule has 2 atom stereocenters. The lowest BCUT2D eigenvalue weighted by Crippen LogP contribution is -2.48. The van der Waals surface area contributed by atoms with Gasteiger partial charge in [-0.1, -0.05) is 11.6 Å². The van der Waals surface area contributed by atoms with E-state index in [1.165, 1.54) is 18.2 Å². The average Bonchev–Trinajstić information content (AvgIpc) is 2.39. The molecule has 0 radical (unpaired) electrons. The zero-order valence-corrected chi connectivity index (χ0v) is 13.2. The number of halogens is 1. The van der Waals surface area contributed by atoms with E-state index in [9.17, 15) is 14.9 Å². The van der Waals surface area contributed by atoms with Crippen molar-refractivity contribution >= 4 is 28.9 Å². The maximum Gasteiger partial charge on any atom is 0.271 e. The number of nitro benzene ring substituents is 1. The van der Waals surface area contributed by atoms with Gasteiger partial charge in [0.1, 0.15) is 0 Å². The van der Waals surface area contributed by atoms with Gasteiger partial charge in [0.2, 0.25) is 5.91 Å². The molecule has 2 rings (SSSR count). The van der Waals surface area contributed by atoms with E-state index in [0.717, 1.165) is 0 Å². The highest BCUT2D eigenvalue weighted by atomic mass is 35.5. The van der Waals surface area contributed by atoms with Crippen LogP contribution < -0.4 is 5.32 Å². The Bertz CT molecular complexity index is 571. The third-order valence-electron chi connectivity index (χ3n) is 3.30. The van der Waals surface area contributed by atoms with Gasteiger partial charge in [0, 0.05) is 25.2 Å². The van der Waals surface area contributed by atoms with Crippen LogP contribution in [0.15, 0.2) is 18.2 Å². The molecule has 7 nitrogen and oxygen atoms in total. The molecular weight excluding hydrogens is 310 g/mol. The number of benzene rings is 1. The molecule has 120 valence electrons. The predicted molar refractivity (Wildman–Crippen MR) is 83.2 cm³/mol. The molecule has 0 aliphatic carbocycles. The van der Waals surface area contributed by atoms with E-state index in [0.29, 0.717) is 18.8 Å². The first-order valence-corrected chi connectivity index (χ1v) is 7.34. The number of non-ortho nitro benzene ring substituents is 1. The van der Waals surface area contributed by atoms with E-state index in [1.807, 2.05) is 18.7 Å². The first-order chi connectivity index (χ1) is 10.3. The molecule has 22 heavy (non-hydrogen) atoms. The first kappa shape index (κ1) is 16.7. The van der Waals surface area contributed by atoms with Crippen molar-refractivity contribution in [3.63, 3.8) is 0 Å². The third kappa shape index (κ3) is 4.40. The molecule has 0 bridgehead atoms. The number of anilines is 1. The monoisotopic (exact) mass is 327 g/mol. The summed E-state index contributed by atoms with van der Waals surface area (Å²) in [5, 5.41) is 13.5. The zero-order chi connectivity index (χ0) is 16.3. The Hall–Kier alpha value is -1.70. The number of hydrogen-bond donors (Lipinski definition) is 1. The number of nitrogens with one attached hydrogen (secondary N) is 1. The Labute approximate surface area is 133 Å². The minimum absolute atomic E-state index is 0.0829. The minimum Gasteiger partial charge on any atom is -0.373 e. The number of ether oxygens (including phenoxy) is 1. The maximum absolute atomic E-state index is 12.1. The van der Waals surface area contributed by atoms with Crippen molar-refractivity contribution in [1.29, 1.82) is 0 Å². The summed E-state index contributed by atoms with van der Waals surface area (Å²) in [5.41, 5.74) is 0.255. The largest absolute Gasteiger partial charge is 0.373 e. The van der Waals surface area contributed by atoms with Gasteiger partial charge in [-0.3, -0.25) is 19.8 Å². The molecule has 0 saturated carbocycles. The normalized spacial score (nSPS) is 22.3. The summed E-state index contributed by atoms with van der Waals surface area (Å²) in [6.07, 6.45) is 0.166. The summed E-state index contributed by atoms with van der Waals surface area (Å²) in [5.74, 6) is -0.211. The Kier molecular flexibility index (Phi) is 5.33. The minimum atomic E-state index is -0.534. The number of morpholine rings is 1. The number of carbonyl (C=O) groups is 1. The van der Waals surface area contributed by atoms with Crippen molar-refractivity contribution in [2.24, 2.45) is 0 Å². The molecule has 1 heterocycles. The number of amides is 1. The number of nitro groups is 1. The molecule has 1 aliphatic heterocycles. The smallest absolute Gasteiger partial charge is 0.271 e. The van der Waals surface area contributed by atoms with Gasteiger partial charge in [-0.25, -0.2) is 0 Å². The van der Waals surface area contributed by atoms with Crippen molar-refractivity contribution < 1.29 is 14.5 Å². The van der Waals surface area contributed by atoms with Gasteiger partial charge in [0.05, 0.1) is 34.4 Å². The second kappa shape index (κ2) is 7.04. The van der Waals surface area contributed by atoms with Crippen molar-refractivity contribution in [2.75, 3.05) is 25.0 Å². The Morgan fingerprint density at radius 1 is 1.45 bits per heavy atom. The van der Waals surface area contributed by atoms with Crippen LogP contribution >= 0.6 is 11.6 Å². The fraction of sp³-hybridized carbons (Fsp3) is 0.500. The molecule has 1 fully saturated rings. The lowest BCUT2D eigenvalue weighted by molar-refractivity contribution is -0.384. The van der Waals surface area contributed by atoms with Crippen LogP contribution in [-0.2, 0) is 9.53 Å². The highest BCUT2D eigenvalue weighted by Crippen LogP contribution is 2.26. The number of nitrogens with zero attached hydrogens (tertiary/aromatic N) is 2. The highest BCUT2D eigenvalue weighted by molar-refractivity contribution is 6.34. The molecule has 1 aromatic carbocycles. The Balaban J connectivity index is 1.96. The van der Waals surface area contributed by atoms with Crippen LogP contribution in [0.2, 0.25) is 5.02 Å². The van der Waals surface area contributed by atoms with Gasteiger partial charge < -0.3 is 10.1 Å². The van der Waals surface area contributed by atoms with E-state index in [2.05, 4.69) is 5.32 Å². The van der Waals surface area contributed by atoms with Gasteiger partial charge in [0.25, 0.3) is 5.69 Å². The van der Waals surface area contributed by atoms with Crippen LogP contribution in [0.4, 0.5) is 11.4 Å². The second-order valence-corrected chi connectivity index (χ2v) is 5.83. The van der Waals surface area contributed by atoms with Crippen LogP contribution in [0, 0.1) is 10.1 Å². The SMILES string of the molecule is C[C@@H]1CN(CC(=O)Nc2ccc([N+](=O)[O-])cc2Cl)C[C@H](C)O1. The van der Waals surface area contributed by atoms with Crippen LogP contribution in [0.25, 0.3) is 0 Å². The topological polar surface area (TPSA) is 84.7 Å². The highest BCUT2D eigenvalue weighted by Gasteiger charge is 2.24. The second-order valence-electron chi connectivity index (χ2n) is 5.42. The summed E-state index contributed by atoms with van der Waals surface area (Å²) in [6.45, 7) is 5.53. The first-order valence-electron chi connectivity index (χ1n) is 6.96. The fourth-order valence-electron chi connectivity index (χ4n) is 2.53. The number of carbonyl (C=O) groups excluding carboxylic acids is 1. The summed E-state index contributed by atoms with van der Waals surface area (Å²) < 4.78 is 5.61. The summed E-state index contributed by atoms with van der Waals surface area (Å²) in [6, 6.07) is 3.96. The van der Waals surface area contributed by atoms with Crippen molar-refractivity contribution in [3.05, 3.63) is 33.3 Å². The summed E-state index contributed by atoms with van der Waals surface area (Å²) >= 11 is 5.95. The molecule has 8 heteroatoms. The average molecular weight is 328 g/mol. The van der Waals surface area contributed by atoms with Crippen LogP contribution in [0.1, 0.15) is 13.8 Å². The van der Waals surface area contributed by atoms with Crippen LogP contribution in [0.5, 0.6) is 0 Å². The van der Waals surface area contributed by atoms with Crippen LogP contribution in [-0.4, -0.2) is 47.6 Å². The van der Waals surface area contributed by atoms with Gasteiger partial charge in [-0.05, 0) is 19.9 Å². The van der Waals surface area contributed by atoms with E-state index >= 15 is 0 Å². The molecule has 1 amide bonds. The molecule has 0 aromatic heterocycles. The van der Waals surface area contributed by atoms with E-state index in [-0.39, 0.29) is 35.4 Å². The quantitative estimate of drug-likeness (QED) is 0.677. The van der Waals surface area contributed by atoms with Crippen molar-refractivity contribution in [1.82, 2.24) is 4.90 Å². The van der Waals surface area contributed by atoms with Gasteiger partial charge >= 0.3 is 0 Å². The molecule has 1 aliphatic rings. The predicted octanol–water partition coefficient (Wildman–Crippen LogP) is 2.30. The third-order valence-corrected chi connectivity index (χ3v) is 3.61. The summed E-state index contributed by atoms with van der Waals surface area (Å²) in [7, 11) is 0. The van der Waals surface area contributed by atoms with Gasteiger partial charge in [0.15, 0.2) is 0 Å². The summed E-state index contributed by atoms with van der Waals surface area (Å²) in [4.78, 5) is 24.2. The number of hydrogen-bond acceptors (Lipinski definition) is 5. The zero-order valence-electron chi connectivity index (χ0n) is 12.4. The van der Waals surface area contributed by atoms with Crippen LogP contribution in [0.3, 0.4) is 0 Å². The molecular formula is C14H18ClN3O4. The Morgan fingerprint density at radius 2 is 2.09 bits per heavy atom. The lowest BCUT2D eigenvalue weighted by Gasteiger charge is -2.34. The fourth-order valence-corrected chi connectivity index (χ4v) is 2.75. The van der Waals surface area contributed by atoms with Gasteiger partial charge in [-0.15, -0.1) is 0 Å².